The van der Waals surface area contributed by atoms with Crippen LogP contribution >= 0.6 is 59.1 Å². The van der Waals surface area contributed by atoms with Crippen molar-refractivity contribution < 1.29 is 9.18 Å². The molecule has 0 unspecified atom stereocenters. The molecule has 1 heterocycles. The van der Waals surface area contributed by atoms with E-state index in [1.807, 2.05) is 5.38 Å². The number of hydrogen-bond acceptors (Lipinski definition) is 2. The molecule has 0 bridgehead atoms. The number of hydrogen-bond donors (Lipinski definition) is 0. The molecule has 0 aliphatic rings. The zero-order valence-electron chi connectivity index (χ0n) is 8.14. The maximum absolute atomic E-state index is 13.1. The summed E-state index contributed by atoms with van der Waals surface area (Å²) in [5.74, 6) is -0.513. The van der Waals surface area contributed by atoms with Crippen LogP contribution in [0, 0.1) is 5.82 Å². The number of thiophene rings is 1. The molecule has 0 saturated carbocycles. The smallest absolute Gasteiger partial charge is 0.204 e. The van der Waals surface area contributed by atoms with Gasteiger partial charge in [0.25, 0.3) is 0 Å². The number of carbonyl (C=O) groups is 1. The van der Waals surface area contributed by atoms with Crippen molar-refractivity contribution in [3.8, 4) is 0 Å². The lowest BCUT2D eigenvalue weighted by Crippen LogP contribution is -1.99. The summed E-state index contributed by atoms with van der Waals surface area (Å²) in [7, 11) is 0. The molecule has 0 atom stereocenters. The molecule has 88 valence electrons. The number of carbonyl (C=O) groups excluding carboxylic acids is 1. The first-order chi connectivity index (χ1) is 8.00. The van der Waals surface area contributed by atoms with Gasteiger partial charge in [0.15, 0.2) is 0 Å². The minimum atomic E-state index is -0.382. The minimum absolute atomic E-state index is 0.131. The van der Waals surface area contributed by atoms with Crippen molar-refractivity contribution in [3.05, 3.63) is 53.3 Å². The highest BCUT2D eigenvalue weighted by atomic mass is 79.9. The van der Waals surface area contributed by atoms with Gasteiger partial charge < -0.3 is 0 Å². The summed E-state index contributed by atoms with van der Waals surface area (Å²) in [4.78, 5) is 12.8. The van der Waals surface area contributed by atoms with Crippen LogP contribution in [0.2, 0.25) is 0 Å². The van der Waals surface area contributed by atoms with Crippen LogP contribution in [0.3, 0.4) is 0 Å². The van der Waals surface area contributed by atoms with Crippen molar-refractivity contribution in [1.82, 2.24) is 0 Å². The maximum Gasteiger partial charge on any atom is 0.204 e. The monoisotopic (exact) mass is 440 g/mol. The standard InChI is InChI=1S/C11H4Br3FOS/c12-6-3-5(1-2-8(6)15)10(16)11-9(14)7(13)4-17-11/h1-4H. The van der Waals surface area contributed by atoms with Crippen LogP contribution in [0.25, 0.3) is 0 Å². The van der Waals surface area contributed by atoms with Gasteiger partial charge in [-0.25, -0.2) is 4.39 Å². The summed E-state index contributed by atoms with van der Waals surface area (Å²) < 4.78 is 14.9. The van der Waals surface area contributed by atoms with Crippen LogP contribution in [0.15, 0.2) is 37.0 Å². The summed E-state index contributed by atoms with van der Waals surface area (Å²) in [6.07, 6.45) is 0. The Balaban J connectivity index is 2.44. The summed E-state index contributed by atoms with van der Waals surface area (Å²) in [5, 5.41) is 1.83. The topological polar surface area (TPSA) is 17.1 Å². The quantitative estimate of drug-likeness (QED) is 0.569. The molecule has 2 rings (SSSR count). The third kappa shape index (κ3) is 2.70. The Morgan fingerprint density at radius 1 is 1.18 bits per heavy atom. The highest BCUT2D eigenvalue weighted by molar-refractivity contribution is 9.13. The van der Waals surface area contributed by atoms with E-state index >= 15 is 0 Å². The average molecular weight is 443 g/mol. The van der Waals surface area contributed by atoms with Crippen molar-refractivity contribution in [2.24, 2.45) is 0 Å². The third-order valence-corrected chi connectivity index (χ3v) is 6.21. The lowest BCUT2D eigenvalue weighted by atomic mass is 10.1. The molecule has 0 aliphatic heterocycles. The van der Waals surface area contributed by atoms with Crippen molar-refractivity contribution in [3.63, 3.8) is 0 Å². The summed E-state index contributed by atoms with van der Waals surface area (Å²) >= 11 is 11.1. The molecule has 1 aromatic heterocycles. The van der Waals surface area contributed by atoms with Gasteiger partial charge in [-0.3, -0.25) is 4.79 Å². The van der Waals surface area contributed by atoms with E-state index in [-0.39, 0.29) is 16.1 Å². The Bertz CT molecular complexity index is 594. The molecule has 6 heteroatoms. The number of rotatable bonds is 2. The number of benzene rings is 1. The molecule has 0 saturated heterocycles. The largest absolute Gasteiger partial charge is 0.288 e. The highest BCUT2D eigenvalue weighted by Crippen LogP contribution is 2.34. The molecular weight excluding hydrogens is 439 g/mol. The molecule has 0 fully saturated rings. The predicted molar refractivity (Wildman–Crippen MR) is 77.3 cm³/mol. The van der Waals surface area contributed by atoms with Crippen molar-refractivity contribution in [2.75, 3.05) is 0 Å². The summed E-state index contributed by atoms with van der Waals surface area (Å²) in [6, 6.07) is 4.23. The second-order valence-electron chi connectivity index (χ2n) is 3.18. The average Bonchev–Trinajstić information content (AvgIpc) is 2.63. The van der Waals surface area contributed by atoms with E-state index < -0.39 is 0 Å². The van der Waals surface area contributed by atoms with Crippen molar-refractivity contribution in [1.29, 1.82) is 0 Å². The van der Waals surface area contributed by atoms with E-state index in [0.717, 1.165) is 8.95 Å². The lowest BCUT2D eigenvalue weighted by Gasteiger charge is -2.01. The van der Waals surface area contributed by atoms with Gasteiger partial charge in [0, 0.05) is 15.4 Å². The maximum atomic E-state index is 13.1. The van der Waals surface area contributed by atoms with Crippen LogP contribution in [0.4, 0.5) is 4.39 Å². The Kier molecular flexibility index (Phi) is 4.18. The van der Waals surface area contributed by atoms with Gasteiger partial charge in [0.2, 0.25) is 5.78 Å². The van der Waals surface area contributed by atoms with E-state index in [1.165, 1.54) is 29.5 Å². The van der Waals surface area contributed by atoms with E-state index in [1.54, 1.807) is 0 Å². The highest BCUT2D eigenvalue weighted by Gasteiger charge is 2.17. The molecular formula is C11H4Br3FOS. The van der Waals surface area contributed by atoms with E-state index in [0.29, 0.717) is 10.4 Å². The Hall–Kier alpha value is -0.0400. The molecule has 0 radical (unpaired) electrons. The molecule has 0 spiro atoms. The fourth-order valence-electron chi connectivity index (χ4n) is 1.24. The first-order valence-corrected chi connectivity index (χ1v) is 7.69. The summed E-state index contributed by atoms with van der Waals surface area (Å²) in [5.41, 5.74) is 0.452. The Labute approximate surface area is 126 Å². The van der Waals surface area contributed by atoms with E-state index in [4.69, 9.17) is 0 Å². The third-order valence-electron chi connectivity index (χ3n) is 2.08. The van der Waals surface area contributed by atoms with Gasteiger partial charge in [0.1, 0.15) is 5.82 Å². The van der Waals surface area contributed by atoms with Crippen LogP contribution in [0.5, 0.6) is 0 Å². The van der Waals surface area contributed by atoms with Crippen LogP contribution < -0.4 is 0 Å². The second kappa shape index (κ2) is 5.30. The predicted octanol–water partition coefficient (Wildman–Crippen LogP) is 5.41. The zero-order chi connectivity index (χ0) is 12.6. The van der Waals surface area contributed by atoms with E-state index in [9.17, 15) is 9.18 Å². The zero-order valence-corrected chi connectivity index (χ0v) is 13.7. The van der Waals surface area contributed by atoms with Gasteiger partial charge in [0.05, 0.1) is 13.8 Å². The number of halogens is 4. The first-order valence-electron chi connectivity index (χ1n) is 4.43. The SMILES string of the molecule is O=C(c1ccc(F)c(Br)c1)c1scc(Br)c1Br. The first kappa shape index (κ1) is 13.4. The van der Waals surface area contributed by atoms with E-state index in [2.05, 4.69) is 47.8 Å². The molecule has 0 amide bonds. The van der Waals surface area contributed by atoms with Crippen LogP contribution in [0.1, 0.15) is 15.2 Å². The number of ketones is 1. The van der Waals surface area contributed by atoms with Crippen molar-refractivity contribution >= 4 is 64.9 Å². The summed E-state index contributed by atoms with van der Waals surface area (Å²) in [6.45, 7) is 0. The van der Waals surface area contributed by atoms with Crippen LogP contribution in [-0.4, -0.2) is 5.78 Å². The Morgan fingerprint density at radius 3 is 2.41 bits per heavy atom. The fourth-order valence-corrected chi connectivity index (χ4v) is 3.74. The van der Waals surface area contributed by atoms with Gasteiger partial charge in [-0.05, 0) is 66.0 Å². The van der Waals surface area contributed by atoms with Crippen LogP contribution in [-0.2, 0) is 0 Å². The normalized spacial score (nSPS) is 10.6. The molecule has 2 aromatic rings. The molecule has 1 nitrogen and oxygen atoms in total. The molecule has 0 N–H and O–H groups in total. The van der Waals surface area contributed by atoms with Gasteiger partial charge >= 0.3 is 0 Å². The van der Waals surface area contributed by atoms with Crippen molar-refractivity contribution in [2.45, 2.75) is 0 Å². The lowest BCUT2D eigenvalue weighted by molar-refractivity contribution is 0.104. The second-order valence-corrected chi connectivity index (χ2v) is 6.57. The van der Waals surface area contributed by atoms with Gasteiger partial charge in [-0.1, -0.05) is 0 Å². The van der Waals surface area contributed by atoms with Gasteiger partial charge in [-0.15, -0.1) is 11.3 Å². The van der Waals surface area contributed by atoms with Gasteiger partial charge in [-0.2, -0.15) is 0 Å². The molecule has 17 heavy (non-hydrogen) atoms. The molecule has 1 aromatic carbocycles. The minimum Gasteiger partial charge on any atom is -0.288 e. The molecule has 0 aliphatic carbocycles. The Morgan fingerprint density at radius 2 is 1.88 bits per heavy atom. The fraction of sp³-hybridized carbons (Fsp3) is 0.